The number of aliphatic carboxylic acids is 1. The predicted octanol–water partition coefficient (Wildman–Crippen LogP) is 0.655. The maximum atomic E-state index is 10.5. The molecule has 0 amide bonds. The van der Waals surface area contributed by atoms with Gasteiger partial charge in [-0.05, 0) is 19.8 Å². The number of carboxylic acids is 1. The van der Waals surface area contributed by atoms with Gasteiger partial charge < -0.3 is 14.6 Å². The molecule has 12 heavy (non-hydrogen) atoms. The largest absolute Gasteiger partial charge is 0.479 e. The van der Waals surface area contributed by atoms with Gasteiger partial charge in [0.2, 0.25) is 0 Å². The Kier molecular flexibility index (Phi) is 3.49. The summed E-state index contributed by atoms with van der Waals surface area (Å²) < 4.78 is 10.3. The molecule has 1 saturated heterocycles. The van der Waals surface area contributed by atoms with E-state index in [-0.39, 0.29) is 6.10 Å². The number of ether oxygens (including phenoxy) is 2. The lowest BCUT2D eigenvalue weighted by Gasteiger charge is -2.10. The van der Waals surface area contributed by atoms with E-state index in [0.29, 0.717) is 19.6 Å². The topological polar surface area (TPSA) is 55.8 Å². The molecule has 0 radical (unpaired) electrons. The van der Waals surface area contributed by atoms with Crippen LogP contribution in [0.1, 0.15) is 19.8 Å². The fourth-order valence-corrected chi connectivity index (χ4v) is 1.26. The van der Waals surface area contributed by atoms with Crippen LogP contribution in [0, 0.1) is 0 Å². The Morgan fingerprint density at radius 2 is 2.42 bits per heavy atom. The van der Waals surface area contributed by atoms with Crippen molar-refractivity contribution in [2.75, 3.05) is 13.2 Å². The SMILES string of the molecule is CCOCC1CCC(C(=O)O)O1. The molecular formula is C8H14O4. The first kappa shape index (κ1) is 9.48. The van der Waals surface area contributed by atoms with Crippen molar-refractivity contribution < 1.29 is 19.4 Å². The van der Waals surface area contributed by atoms with Gasteiger partial charge in [-0.1, -0.05) is 0 Å². The van der Waals surface area contributed by atoms with Gasteiger partial charge in [0.05, 0.1) is 12.7 Å². The Balaban J connectivity index is 2.21. The molecule has 1 N–H and O–H groups in total. The fraction of sp³-hybridized carbons (Fsp3) is 0.875. The van der Waals surface area contributed by atoms with Gasteiger partial charge in [-0.2, -0.15) is 0 Å². The fourth-order valence-electron chi connectivity index (χ4n) is 1.26. The monoisotopic (exact) mass is 174 g/mol. The minimum atomic E-state index is -0.867. The summed E-state index contributed by atoms with van der Waals surface area (Å²) in [4.78, 5) is 10.5. The molecule has 4 nitrogen and oxygen atoms in total. The average Bonchev–Trinajstić information content (AvgIpc) is 2.48. The second-order valence-electron chi connectivity index (χ2n) is 2.82. The van der Waals surface area contributed by atoms with Gasteiger partial charge in [-0.15, -0.1) is 0 Å². The molecule has 2 unspecified atom stereocenters. The lowest BCUT2D eigenvalue weighted by molar-refractivity contribution is -0.150. The number of hydrogen-bond acceptors (Lipinski definition) is 3. The van der Waals surface area contributed by atoms with Crippen molar-refractivity contribution in [1.82, 2.24) is 0 Å². The minimum absolute atomic E-state index is 0.0222. The molecule has 0 aliphatic carbocycles. The molecule has 1 rings (SSSR count). The molecule has 70 valence electrons. The van der Waals surface area contributed by atoms with Crippen LogP contribution < -0.4 is 0 Å². The van der Waals surface area contributed by atoms with E-state index in [1.54, 1.807) is 0 Å². The van der Waals surface area contributed by atoms with Crippen LogP contribution in [-0.4, -0.2) is 36.5 Å². The zero-order chi connectivity index (χ0) is 8.97. The number of rotatable bonds is 4. The zero-order valence-corrected chi connectivity index (χ0v) is 7.16. The summed E-state index contributed by atoms with van der Waals surface area (Å²) >= 11 is 0. The van der Waals surface area contributed by atoms with Crippen LogP contribution in [0.4, 0.5) is 0 Å². The predicted molar refractivity (Wildman–Crippen MR) is 42.0 cm³/mol. The van der Waals surface area contributed by atoms with E-state index < -0.39 is 12.1 Å². The van der Waals surface area contributed by atoms with Crippen molar-refractivity contribution in [3.63, 3.8) is 0 Å². The first-order valence-electron chi connectivity index (χ1n) is 4.20. The van der Waals surface area contributed by atoms with Gasteiger partial charge >= 0.3 is 5.97 Å². The van der Waals surface area contributed by atoms with Gasteiger partial charge in [0.25, 0.3) is 0 Å². The van der Waals surface area contributed by atoms with Crippen LogP contribution in [-0.2, 0) is 14.3 Å². The van der Waals surface area contributed by atoms with Crippen LogP contribution in [0.15, 0.2) is 0 Å². The van der Waals surface area contributed by atoms with Gasteiger partial charge in [0.15, 0.2) is 6.10 Å². The van der Waals surface area contributed by atoms with E-state index in [1.165, 1.54) is 0 Å². The first-order valence-corrected chi connectivity index (χ1v) is 4.20. The van der Waals surface area contributed by atoms with Crippen molar-refractivity contribution in [3.8, 4) is 0 Å². The molecule has 0 aromatic rings. The second-order valence-corrected chi connectivity index (χ2v) is 2.82. The minimum Gasteiger partial charge on any atom is -0.479 e. The summed E-state index contributed by atoms with van der Waals surface area (Å²) in [6.07, 6.45) is 0.755. The Morgan fingerprint density at radius 3 is 2.92 bits per heavy atom. The molecule has 1 fully saturated rings. The number of hydrogen-bond donors (Lipinski definition) is 1. The Bertz CT molecular complexity index is 157. The molecule has 2 atom stereocenters. The summed E-state index contributed by atoms with van der Waals surface area (Å²) in [6, 6.07) is 0. The van der Waals surface area contributed by atoms with E-state index in [9.17, 15) is 4.79 Å². The van der Waals surface area contributed by atoms with Crippen molar-refractivity contribution in [2.45, 2.75) is 32.0 Å². The van der Waals surface area contributed by atoms with Crippen molar-refractivity contribution in [1.29, 1.82) is 0 Å². The molecular weight excluding hydrogens is 160 g/mol. The van der Waals surface area contributed by atoms with Crippen LogP contribution >= 0.6 is 0 Å². The number of carbonyl (C=O) groups is 1. The summed E-state index contributed by atoms with van der Waals surface area (Å²) in [5.41, 5.74) is 0. The lowest BCUT2D eigenvalue weighted by atomic mass is 10.2. The normalized spacial score (nSPS) is 29.1. The van der Waals surface area contributed by atoms with Crippen LogP contribution in [0.2, 0.25) is 0 Å². The highest BCUT2D eigenvalue weighted by Gasteiger charge is 2.30. The third kappa shape index (κ3) is 2.46. The molecule has 1 aliphatic heterocycles. The van der Waals surface area contributed by atoms with Gasteiger partial charge in [0.1, 0.15) is 0 Å². The molecule has 1 heterocycles. The quantitative estimate of drug-likeness (QED) is 0.680. The molecule has 0 aromatic heterocycles. The molecule has 0 saturated carbocycles. The van der Waals surface area contributed by atoms with Crippen molar-refractivity contribution >= 4 is 5.97 Å². The Hall–Kier alpha value is -0.610. The summed E-state index contributed by atoms with van der Waals surface area (Å²) in [5, 5.41) is 8.59. The summed E-state index contributed by atoms with van der Waals surface area (Å²) in [5.74, 6) is -0.867. The number of carboxylic acid groups (broad SMARTS) is 1. The van der Waals surface area contributed by atoms with Gasteiger partial charge in [0, 0.05) is 6.61 Å². The van der Waals surface area contributed by atoms with E-state index in [1.807, 2.05) is 6.92 Å². The smallest absolute Gasteiger partial charge is 0.332 e. The highest BCUT2D eigenvalue weighted by Crippen LogP contribution is 2.19. The van der Waals surface area contributed by atoms with Crippen LogP contribution in [0.25, 0.3) is 0 Å². The molecule has 4 heteroatoms. The summed E-state index contributed by atoms with van der Waals surface area (Å²) in [7, 11) is 0. The standard InChI is InChI=1S/C8H14O4/c1-2-11-5-6-3-4-7(12-6)8(9)10/h6-7H,2-5H2,1H3,(H,9,10). The average molecular weight is 174 g/mol. The Morgan fingerprint density at radius 1 is 1.67 bits per heavy atom. The highest BCUT2D eigenvalue weighted by molar-refractivity contribution is 5.72. The highest BCUT2D eigenvalue weighted by atomic mass is 16.6. The van der Waals surface area contributed by atoms with Crippen molar-refractivity contribution in [3.05, 3.63) is 0 Å². The third-order valence-electron chi connectivity index (χ3n) is 1.89. The van der Waals surface area contributed by atoms with E-state index >= 15 is 0 Å². The molecule has 0 bridgehead atoms. The van der Waals surface area contributed by atoms with E-state index in [2.05, 4.69) is 0 Å². The third-order valence-corrected chi connectivity index (χ3v) is 1.89. The van der Waals surface area contributed by atoms with Crippen molar-refractivity contribution in [2.24, 2.45) is 0 Å². The maximum absolute atomic E-state index is 10.5. The second kappa shape index (κ2) is 4.42. The maximum Gasteiger partial charge on any atom is 0.332 e. The lowest BCUT2D eigenvalue weighted by Crippen LogP contribution is -2.22. The van der Waals surface area contributed by atoms with Gasteiger partial charge in [-0.3, -0.25) is 0 Å². The summed E-state index contributed by atoms with van der Waals surface area (Å²) in [6.45, 7) is 3.07. The Labute approximate surface area is 71.5 Å². The van der Waals surface area contributed by atoms with Crippen LogP contribution in [0.5, 0.6) is 0 Å². The van der Waals surface area contributed by atoms with Crippen LogP contribution in [0.3, 0.4) is 0 Å². The molecule has 0 aromatic carbocycles. The van der Waals surface area contributed by atoms with E-state index in [0.717, 1.165) is 6.42 Å². The molecule has 0 spiro atoms. The van der Waals surface area contributed by atoms with E-state index in [4.69, 9.17) is 14.6 Å². The zero-order valence-electron chi connectivity index (χ0n) is 7.16. The van der Waals surface area contributed by atoms with Gasteiger partial charge in [-0.25, -0.2) is 4.79 Å². The molecule has 1 aliphatic rings. The first-order chi connectivity index (χ1) is 5.74.